The Morgan fingerprint density at radius 3 is 2.72 bits per heavy atom. The van der Waals surface area contributed by atoms with Crippen LogP contribution in [-0.2, 0) is 0 Å². The molecule has 3 rings (SSSR count). The average Bonchev–Trinajstić information content (AvgIpc) is 2.64. The lowest BCUT2D eigenvalue weighted by Gasteiger charge is -2.29. The van der Waals surface area contributed by atoms with Crippen molar-refractivity contribution < 1.29 is 9.53 Å². The predicted octanol–water partition coefficient (Wildman–Crippen LogP) is 3.07. The van der Waals surface area contributed by atoms with Gasteiger partial charge in [0.2, 0.25) is 0 Å². The number of hydrogen-bond donors (Lipinski definition) is 1. The highest BCUT2D eigenvalue weighted by Gasteiger charge is 2.24. The lowest BCUT2D eigenvalue weighted by atomic mass is 9.93. The van der Waals surface area contributed by atoms with Crippen molar-refractivity contribution in [2.75, 3.05) is 0 Å². The van der Waals surface area contributed by atoms with Gasteiger partial charge < -0.3 is 10.1 Å². The minimum atomic E-state index is -0.181. The van der Waals surface area contributed by atoms with Crippen molar-refractivity contribution in [1.82, 2.24) is 15.5 Å². The maximum absolute atomic E-state index is 12.1. The number of benzene rings is 1. The number of carbonyl (C=O) groups excluding carboxylic acids is 1. The molecule has 0 atom stereocenters. The zero-order valence-electron chi connectivity index (χ0n) is 13.5. The summed E-state index contributed by atoms with van der Waals surface area (Å²) in [7, 11) is 0. The summed E-state index contributed by atoms with van der Waals surface area (Å²) < 4.78 is 6.92. The lowest BCUT2D eigenvalue weighted by Crippen LogP contribution is -2.40. The van der Waals surface area contributed by atoms with Crippen LogP contribution < -0.4 is 10.1 Å². The number of rotatable bonds is 4. The summed E-state index contributed by atoms with van der Waals surface area (Å²) in [6.07, 6.45) is 5.16. The highest BCUT2D eigenvalue weighted by Crippen LogP contribution is 2.26. The first-order valence-electron chi connectivity index (χ1n) is 8.10. The van der Waals surface area contributed by atoms with E-state index in [4.69, 9.17) is 10.00 Å². The summed E-state index contributed by atoms with van der Waals surface area (Å²) >= 11 is 2.14. The van der Waals surface area contributed by atoms with Crippen molar-refractivity contribution in [2.45, 2.75) is 37.8 Å². The number of aromatic nitrogens is 2. The highest BCUT2D eigenvalue weighted by atomic mass is 127. The standard InChI is InChI=1S/C18H17IN4O2/c19-16-10-15(6-3-12(16)11-20)25-14-7-4-13(5-8-14)22-18(24)17-2-1-9-21-23-17/h1-3,6,9-10,13-14H,4-5,7-8H2,(H,22,24). The molecular formula is C18H17IN4O2. The quantitative estimate of drug-likeness (QED) is 0.727. The fourth-order valence-corrected chi connectivity index (χ4v) is 3.47. The van der Waals surface area contributed by atoms with Crippen molar-refractivity contribution in [1.29, 1.82) is 5.26 Å². The molecule has 1 N–H and O–H groups in total. The molecule has 25 heavy (non-hydrogen) atoms. The Hall–Kier alpha value is -2.21. The number of halogens is 1. The van der Waals surface area contributed by atoms with Gasteiger partial charge in [-0.3, -0.25) is 4.79 Å². The Balaban J connectivity index is 1.50. The van der Waals surface area contributed by atoms with Gasteiger partial charge in [0.15, 0.2) is 5.69 Å². The van der Waals surface area contributed by atoms with Crippen LogP contribution in [0, 0.1) is 14.9 Å². The molecule has 7 heteroatoms. The van der Waals surface area contributed by atoms with Gasteiger partial charge in [-0.25, -0.2) is 0 Å². The summed E-state index contributed by atoms with van der Waals surface area (Å²) in [5.74, 6) is 0.606. The Labute approximate surface area is 159 Å². The van der Waals surface area contributed by atoms with E-state index in [-0.39, 0.29) is 18.1 Å². The SMILES string of the molecule is N#Cc1ccc(OC2CCC(NC(=O)c3cccnn3)CC2)cc1I. The van der Waals surface area contributed by atoms with Crippen molar-refractivity contribution in [2.24, 2.45) is 0 Å². The van der Waals surface area contributed by atoms with Gasteiger partial charge >= 0.3 is 0 Å². The number of nitriles is 1. The molecule has 2 aromatic rings. The number of carbonyl (C=O) groups is 1. The topological polar surface area (TPSA) is 87.9 Å². The van der Waals surface area contributed by atoms with Crippen LogP contribution in [0.15, 0.2) is 36.5 Å². The molecule has 0 unspecified atom stereocenters. The van der Waals surface area contributed by atoms with E-state index in [0.717, 1.165) is 35.0 Å². The van der Waals surface area contributed by atoms with Crippen molar-refractivity contribution >= 4 is 28.5 Å². The van der Waals surface area contributed by atoms with E-state index in [1.165, 1.54) is 0 Å². The smallest absolute Gasteiger partial charge is 0.272 e. The molecule has 1 aromatic carbocycles. The molecule has 6 nitrogen and oxygen atoms in total. The minimum Gasteiger partial charge on any atom is -0.490 e. The molecule has 0 bridgehead atoms. The molecule has 1 aromatic heterocycles. The summed E-state index contributed by atoms with van der Waals surface area (Å²) in [5.41, 5.74) is 0.997. The van der Waals surface area contributed by atoms with Crippen LogP contribution in [0.25, 0.3) is 0 Å². The highest BCUT2D eigenvalue weighted by molar-refractivity contribution is 14.1. The minimum absolute atomic E-state index is 0.133. The number of nitrogens with zero attached hydrogens (tertiary/aromatic N) is 3. The van der Waals surface area contributed by atoms with E-state index in [2.05, 4.69) is 44.2 Å². The Bertz CT molecular complexity index is 783. The maximum Gasteiger partial charge on any atom is 0.272 e. The second-order valence-electron chi connectivity index (χ2n) is 5.93. The molecule has 0 aliphatic heterocycles. The predicted molar refractivity (Wildman–Crippen MR) is 100 cm³/mol. The number of nitrogens with one attached hydrogen (secondary N) is 1. The van der Waals surface area contributed by atoms with Gasteiger partial charge in [-0.15, -0.1) is 5.10 Å². The second-order valence-corrected chi connectivity index (χ2v) is 7.09. The third kappa shape index (κ3) is 4.66. The molecule has 1 aliphatic rings. The van der Waals surface area contributed by atoms with Gasteiger partial charge in [0, 0.05) is 15.8 Å². The van der Waals surface area contributed by atoms with Gasteiger partial charge in [0.1, 0.15) is 11.8 Å². The monoisotopic (exact) mass is 448 g/mol. The third-order valence-electron chi connectivity index (χ3n) is 4.18. The van der Waals surface area contributed by atoms with Crippen LogP contribution >= 0.6 is 22.6 Å². The molecule has 128 valence electrons. The Morgan fingerprint density at radius 1 is 1.28 bits per heavy atom. The number of hydrogen-bond acceptors (Lipinski definition) is 5. The first-order valence-corrected chi connectivity index (χ1v) is 9.18. The second kappa shape index (κ2) is 8.25. The van der Waals surface area contributed by atoms with Crippen LogP contribution in [0.4, 0.5) is 0 Å². The summed E-state index contributed by atoms with van der Waals surface area (Å²) in [5, 5.41) is 19.5. The normalized spacial score (nSPS) is 19.7. The van der Waals surface area contributed by atoms with Crippen LogP contribution in [0.5, 0.6) is 5.75 Å². The van der Waals surface area contributed by atoms with Crippen LogP contribution in [0.3, 0.4) is 0 Å². The number of ether oxygens (including phenoxy) is 1. The Morgan fingerprint density at radius 2 is 2.08 bits per heavy atom. The largest absolute Gasteiger partial charge is 0.490 e. The summed E-state index contributed by atoms with van der Waals surface area (Å²) in [6.45, 7) is 0. The number of amides is 1. The molecule has 0 spiro atoms. The zero-order valence-corrected chi connectivity index (χ0v) is 15.6. The molecule has 1 fully saturated rings. The zero-order chi connectivity index (χ0) is 17.6. The summed E-state index contributed by atoms with van der Waals surface area (Å²) in [6, 6.07) is 11.1. The maximum atomic E-state index is 12.1. The van der Waals surface area contributed by atoms with E-state index in [1.807, 2.05) is 12.1 Å². The Kier molecular flexibility index (Phi) is 5.81. The van der Waals surface area contributed by atoms with E-state index in [1.54, 1.807) is 24.4 Å². The van der Waals surface area contributed by atoms with Crippen molar-refractivity contribution in [3.63, 3.8) is 0 Å². The van der Waals surface area contributed by atoms with E-state index in [0.29, 0.717) is 11.3 Å². The average molecular weight is 448 g/mol. The molecule has 1 aliphatic carbocycles. The molecule has 0 radical (unpaired) electrons. The molecular weight excluding hydrogens is 431 g/mol. The van der Waals surface area contributed by atoms with Gasteiger partial charge in [-0.2, -0.15) is 10.4 Å². The fraction of sp³-hybridized carbons (Fsp3) is 0.333. The molecule has 1 saturated carbocycles. The molecule has 0 saturated heterocycles. The lowest BCUT2D eigenvalue weighted by molar-refractivity contribution is 0.0888. The molecule has 1 amide bonds. The first kappa shape index (κ1) is 17.6. The summed E-state index contributed by atoms with van der Waals surface area (Å²) in [4.78, 5) is 12.1. The van der Waals surface area contributed by atoms with Crippen LogP contribution in [0.1, 0.15) is 41.7 Å². The van der Waals surface area contributed by atoms with Gasteiger partial charge in [-0.05, 0) is 78.6 Å². The van der Waals surface area contributed by atoms with Crippen molar-refractivity contribution in [3.8, 4) is 11.8 Å². The van der Waals surface area contributed by atoms with Crippen molar-refractivity contribution in [3.05, 3.63) is 51.4 Å². The van der Waals surface area contributed by atoms with Gasteiger partial charge in [-0.1, -0.05) is 0 Å². The van der Waals surface area contributed by atoms with Gasteiger partial charge in [0.25, 0.3) is 5.91 Å². The van der Waals surface area contributed by atoms with Gasteiger partial charge in [0.05, 0.1) is 11.7 Å². The van der Waals surface area contributed by atoms with Crippen LogP contribution in [-0.4, -0.2) is 28.3 Å². The third-order valence-corrected chi connectivity index (χ3v) is 5.07. The van der Waals surface area contributed by atoms with Crippen LogP contribution in [0.2, 0.25) is 0 Å². The first-order chi connectivity index (χ1) is 12.2. The molecule has 1 heterocycles. The van der Waals surface area contributed by atoms with E-state index < -0.39 is 0 Å². The fourth-order valence-electron chi connectivity index (χ4n) is 2.86. The van der Waals surface area contributed by atoms with E-state index in [9.17, 15) is 4.79 Å². The van der Waals surface area contributed by atoms with E-state index >= 15 is 0 Å².